The van der Waals surface area contributed by atoms with Crippen LogP contribution in [-0.4, -0.2) is 55.8 Å². The van der Waals surface area contributed by atoms with Crippen molar-refractivity contribution in [3.05, 3.63) is 65.4 Å². The normalized spacial score (nSPS) is 13.4. The van der Waals surface area contributed by atoms with Gasteiger partial charge in [0, 0.05) is 30.0 Å². The van der Waals surface area contributed by atoms with Crippen molar-refractivity contribution in [2.75, 3.05) is 43.3 Å². The molecule has 3 aromatic rings. The maximum absolute atomic E-state index is 11.3. The van der Waals surface area contributed by atoms with Crippen LogP contribution >= 0.6 is 0 Å². The number of nitrogens with zero attached hydrogens (tertiary/aromatic N) is 3. The molecule has 0 unspecified atom stereocenters. The monoisotopic (exact) mass is 460 g/mol. The predicted molar refractivity (Wildman–Crippen MR) is 134 cm³/mol. The molecule has 1 aliphatic heterocycles. The molecule has 1 aliphatic rings. The summed E-state index contributed by atoms with van der Waals surface area (Å²) in [5, 5.41) is 12.4. The number of carbonyl (C=O) groups is 1. The highest BCUT2D eigenvalue weighted by atomic mass is 16.5. The predicted octanol–water partition coefficient (Wildman–Crippen LogP) is 4.68. The van der Waals surface area contributed by atoms with Crippen molar-refractivity contribution in [1.29, 1.82) is 0 Å². The zero-order valence-corrected chi connectivity index (χ0v) is 19.4. The molecular formula is C26H28N4O4. The first kappa shape index (κ1) is 23.3. The van der Waals surface area contributed by atoms with Crippen molar-refractivity contribution in [2.45, 2.75) is 13.8 Å². The minimum absolute atomic E-state index is 0.102. The number of anilines is 2. The van der Waals surface area contributed by atoms with Gasteiger partial charge in [-0.05, 0) is 62.0 Å². The van der Waals surface area contributed by atoms with Gasteiger partial charge < -0.3 is 24.8 Å². The third-order valence-corrected chi connectivity index (χ3v) is 5.84. The van der Waals surface area contributed by atoms with Crippen LogP contribution < -0.4 is 15.0 Å². The molecule has 2 heterocycles. The molecular weight excluding hydrogens is 432 g/mol. The van der Waals surface area contributed by atoms with Gasteiger partial charge in [-0.1, -0.05) is 18.2 Å². The number of hydrogen-bond acceptors (Lipinski definition) is 7. The molecule has 2 N–H and O–H groups in total. The Balaban J connectivity index is 1.47. The van der Waals surface area contributed by atoms with Crippen LogP contribution in [0.25, 0.3) is 11.1 Å². The molecule has 0 spiro atoms. The Bertz CT molecular complexity index is 1190. The van der Waals surface area contributed by atoms with E-state index in [4.69, 9.17) is 9.47 Å². The Kier molecular flexibility index (Phi) is 7.08. The summed E-state index contributed by atoms with van der Waals surface area (Å²) < 4.78 is 11.1. The number of aliphatic imine (C=N–C) groups is 1. The third-order valence-electron chi connectivity index (χ3n) is 5.84. The fourth-order valence-electron chi connectivity index (χ4n) is 3.92. The van der Waals surface area contributed by atoms with Crippen LogP contribution in [0.15, 0.2) is 53.5 Å². The average molecular weight is 461 g/mol. The zero-order chi connectivity index (χ0) is 24.1. The van der Waals surface area contributed by atoms with Gasteiger partial charge in [0.1, 0.15) is 11.4 Å². The number of pyridine rings is 1. The SMILES string of the molecule is C=Nc1cc(-c2ccc(N3CCOCC3)cc2)c(C)nc1NCOc1ccc(C)c(C(=O)O)c1. The van der Waals surface area contributed by atoms with Gasteiger partial charge in [0.25, 0.3) is 0 Å². The summed E-state index contributed by atoms with van der Waals surface area (Å²) in [6, 6.07) is 15.3. The van der Waals surface area contributed by atoms with E-state index in [-0.39, 0.29) is 12.3 Å². The Hall–Kier alpha value is -3.91. The van der Waals surface area contributed by atoms with Crippen LogP contribution in [-0.2, 0) is 4.74 Å². The summed E-state index contributed by atoms with van der Waals surface area (Å²) in [5.74, 6) is 0.0176. The quantitative estimate of drug-likeness (QED) is 0.372. The Morgan fingerprint density at radius 1 is 1.18 bits per heavy atom. The number of carboxylic acid groups (broad SMARTS) is 1. The van der Waals surface area contributed by atoms with Crippen molar-refractivity contribution in [2.24, 2.45) is 4.99 Å². The molecule has 0 atom stereocenters. The molecule has 0 radical (unpaired) electrons. The smallest absolute Gasteiger partial charge is 0.336 e. The van der Waals surface area contributed by atoms with Crippen molar-refractivity contribution in [1.82, 2.24) is 4.98 Å². The lowest BCUT2D eigenvalue weighted by atomic mass is 10.0. The van der Waals surface area contributed by atoms with E-state index in [2.05, 4.69) is 51.2 Å². The highest BCUT2D eigenvalue weighted by molar-refractivity contribution is 5.89. The molecule has 4 rings (SSSR count). The van der Waals surface area contributed by atoms with E-state index >= 15 is 0 Å². The van der Waals surface area contributed by atoms with E-state index in [9.17, 15) is 9.90 Å². The van der Waals surface area contributed by atoms with Gasteiger partial charge in [0.05, 0.1) is 18.8 Å². The summed E-state index contributed by atoms with van der Waals surface area (Å²) >= 11 is 0. The van der Waals surface area contributed by atoms with Crippen molar-refractivity contribution >= 4 is 29.9 Å². The van der Waals surface area contributed by atoms with Crippen LogP contribution in [0.4, 0.5) is 17.2 Å². The topological polar surface area (TPSA) is 96.3 Å². The molecule has 1 saturated heterocycles. The van der Waals surface area contributed by atoms with Crippen LogP contribution in [0.5, 0.6) is 5.75 Å². The van der Waals surface area contributed by atoms with Gasteiger partial charge in [0.15, 0.2) is 12.5 Å². The molecule has 0 saturated carbocycles. The van der Waals surface area contributed by atoms with Crippen molar-refractivity contribution in [3.8, 4) is 16.9 Å². The van der Waals surface area contributed by atoms with Crippen LogP contribution in [0.3, 0.4) is 0 Å². The van der Waals surface area contributed by atoms with Crippen LogP contribution in [0.1, 0.15) is 21.6 Å². The molecule has 8 nitrogen and oxygen atoms in total. The maximum Gasteiger partial charge on any atom is 0.336 e. The lowest BCUT2D eigenvalue weighted by molar-refractivity contribution is 0.0695. The number of morpholine rings is 1. The number of nitrogens with one attached hydrogen (secondary N) is 1. The zero-order valence-electron chi connectivity index (χ0n) is 19.4. The van der Waals surface area contributed by atoms with E-state index in [0.717, 1.165) is 43.1 Å². The van der Waals surface area contributed by atoms with Crippen LogP contribution in [0, 0.1) is 13.8 Å². The van der Waals surface area contributed by atoms with Gasteiger partial charge in [0.2, 0.25) is 0 Å². The lowest BCUT2D eigenvalue weighted by Gasteiger charge is -2.29. The number of hydrogen-bond donors (Lipinski definition) is 2. The molecule has 34 heavy (non-hydrogen) atoms. The first-order chi connectivity index (χ1) is 16.5. The number of aryl methyl sites for hydroxylation is 2. The highest BCUT2D eigenvalue weighted by Crippen LogP contribution is 2.32. The maximum atomic E-state index is 11.3. The van der Waals surface area contributed by atoms with Gasteiger partial charge in [-0.25, -0.2) is 9.78 Å². The van der Waals surface area contributed by atoms with E-state index in [1.165, 1.54) is 11.8 Å². The standard InChI is InChI=1S/C26H28N4O4/c1-17-4-9-21(14-22(17)26(31)32)34-16-28-25-24(27-3)15-23(18(2)29-25)19-5-7-20(8-6-19)30-10-12-33-13-11-30/h4-9,14-15H,3,10-13,16H2,1-2H3,(H,28,29)(H,31,32). The van der Waals surface area contributed by atoms with E-state index in [1.54, 1.807) is 19.1 Å². The molecule has 1 aromatic heterocycles. The first-order valence-corrected chi connectivity index (χ1v) is 11.1. The van der Waals surface area contributed by atoms with Crippen molar-refractivity contribution < 1.29 is 19.4 Å². The highest BCUT2D eigenvalue weighted by Gasteiger charge is 2.14. The number of rotatable bonds is 8. The second kappa shape index (κ2) is 10.4. The Morgan fingerprint density at radius 2 is 1.91 bits per heavy atom. The summed E-state index contributed by atoms with van der Waals surface area (Å²) in [4.78, 5) is 22.5. The lowest BCUT2D eigenvalue weighted by Crippen LogP contribution is -2.36. The van der Waals surface area contributed by atoms with Gasteiger partial charge in [-0.2, -0.15) is 0 Å². The fourth-order valence-corrected chi connectivity index (χ4v) is 3.92. The fraction of sp³-hybridized carbons (Fsp3) is 0.269. The largest absolute Gasteiger partial charge is 0.478 e. The van der Waals surface area contributed by atoms with Gasteiger partial charge in [-0.15, -0.1) is 0 Å². The first-order valence-electron chi connectivity index (χ1n) is 11.1. The number of aromatic carboxylic acids is 1. The molecule has 1 fully saturated rings. The summed E-state index contributed by atoms with van der Waals surface area (Å²) in [7, 11) is 0. The number of ether oxygens (including phenoxy) is 2. The van der Waals surface area contributed by atoms with Gasteiger partial charge in [-0.3, -0.25) is 4.99 Å². The van der Waals surface area contributed by atoms with Crippen LogP contribution in [0.2, 0.25) is 0 Å². The molecule has 176 valence electrons. The van der Waals surface area contributed by atoms with Crippen molar-refractivity contribution in [3.63, 3.8) is 0 Å². The van der Waals surface area contributed by atoms with E-state index in [1.807, 2.05) is 13.0 Å². The van der Waals surface area contributed by atoms with Gasteiger partial charge >= 0.3 is 5.97 Å². The summed E-state index contributed by atoms with van der Waals surface area (Å²) in [5.41, 5.74) is 5.55. The second-order valence-electron chi connectivity index (χ2n) is 8.04. The molecule has 0 aliphatic carbocycles. The third kappa shape index (κ3) is 5.18. The number of carboxylic acids is 1. The molecule has 8 heteroatoms. The number of aromatic nitrogens is 1. The molecule has 2 aromatic carbocycles. The van der Waals surface area contributed by atoms with E-state index in [0.29, 0.717) is 22.8 Å². The number of benzene rings is 2. The minimum atomic E-state index is -0.986. The molecule has 0 amide bonds. The summed E-state index contributed by atoms with van der Waals surface area (Å²) in [6.45, 7) is 10.8. The Labute approximate surface area is 198 Å². The summed E-state index contributed by atoms with van der Waals surface area (Å²) in [6.07, 6.45) is 0. The average Bonchev–Trinajstić information content (AvgIpc) is 2.86. The second-order valence-corrected chi connectivity index (χ2v) is 8.04. The van der Waals surface area contributed by atoms with E-state index < -0.39 is 5.97 Å². The molecule has 0 bridgehead atoms. The Morgan fingerprint density at radius 3 is 2.59 bits per heavy atom. The minimum Gasteiger partial charge on any atom is -0.478 e.